The summed E-state index contributed by atoms with van der Waals surface area (Å²) in [7, 11) is 0. The highest BCUT2D eigenvalue weighted by molar-refractivity contribution is 9.11. The molecule has 1 fully saturated rings. The summed E-state index contributed by atoms with van der Waals surface area (Å²) in [6.07, 6.45) is 2.40. The molecule has 18 heavy (non-hydrogen) atoms. The average Bonchev–Trinajstić information content (AvgIpc) is 2.38. The fourth-order valence-corrected chi connectivity index (χ4v) is 3.83. The standard InChI is InChI=1S/C14H19Br2NO/c1-2-17-14(10-4-3-7-18-9-10)12-6-5-11(15)8-13(12)16/h5-6,8,10,14,17H,2-4,7,9H2,1H3. The van der Waals surface area contributed by atoms with Crippen molar-refractivity contribution in [1.29, 1.82) is 0 Å². The van der Waals surface area contributed by atoms with Crippen LogP contribution in [-0.2, 0) is 4.74 Å². The predicted molar refractivity (Wildman–Crippen MR) is 81.8 cm³/mol. The molecule has 2 rings (SSSR count). The Morgan fingerprint density at radius 3 is 2.89 bits per heavy atom. The van der Waals surface area contributed by atoms with Gasteiger partial charge in [0.05, 0.1) is 6.61 Å². The minimum Gasteiger partial charge on any atom is -0.381 e. The number of rotatable bonds is 4. The van der Waals surface area contributed by atoms with Crippen molar-refractivity contribution in [3.8, 4) is 0 Å². The molecule has 0 aliphatic carbocycles. The summed E-state index contributed by atoms with van der Waals surface area (Å²) in [5.74, 6) is 0.566. The van der Waals surface area contributed by atoms with Crippen molar-refractivity contribution in [2.24, 2.45) is 5.92 Å². The highest BCUT2D eigenvalue weighted by Gasteiger charge is 2.26. The van der Waals surface area contributed by atoms with Gasteiger partial charge < -0.3 is 10.1 Å². The van der Waals surface area contributed by atoms with Crippen molar-refractivity contribution in [3.63, 3.8) is 0 Å². The van der Waals surface area contributed by atoms with Gasteiger partial charge in [-0.1, -0.05) is 44.8 Å². The molecule has 0 aromatic heterocycles. The fourth-order valence-electron chi connectivity index (χ4n) is 2.53. The van der Waals surface area contributed by atoms with Crippen LogP contribution in [0.1, 0.15) is 31.4 Å². The maximum atomic E-state index is 5.63. The van der Waals surface area contributed by atoms with Crippen LogP contribution in [0.4, 0.5) is 0 Å². The summed E-state index contributed by atoms with van der Waals surface area (Å²) in [5, 5.41) is 3.60. The van der Waals surface area contributed by atoms with Gasteiger partial charge in [0.15, 0.2) is 0 Å². The lowest BCUT2D eigenvalue weighted by atomic mass is 9.88. The lowest BCUT2D eigenvalue weighted by Crippen LogP contribution is -2.33. The van der Waals surface area contributed by atoms with E-state index in [0.717, 1.165) is 28.7 Å². The fraction of sp³-hybridized carbons (Fsp3) is 0.571. The monoisotopic (exact) mass is 375 g/mol. The molecule has 100 valence electrons. The molecular formula is C14H19Br2NO. The lowest BCUT2D eigenvalue weighted by molar-refractivity contribution is 0.0392. The Bertz CT molecular complexity index is 391. The first kappa shape index (κ1) is 14.5. The molecule has 1 aliphatic heterocycles. The molecule has 2 unspecified atom stereocenters. The molecule has 0 bridgehead atoms. The molecule has 1 aliphatic rings. The second-order valence-corrected chi connectivity index (χ2v) is 6.45. The first-order chi connectivity index (χ1) is 8.72. The van der Waals surface area contributed by atoms with E-state index in [1.54, 1.807) is 0 Å². The molecule has 0 saturated carbocycles. The lowest BCUT2D eigenvalue weighted by Gasteiger charge is -2.31. The second-order valence-electron chi connectivity index (χ2n) is 4.68. The molecule has 0 radical (unpaired) electrons. The van der Waals surface area contributed by atoms with Gasteiger partial charge in [-0.25, -0.2) is 0 Å². The van der Waals surface area contributed by atoms with Crippen LogP contribution in [0, 0.1) is 5.92 Å². The van der Waals surface area contributed by atoms with E-state index in [1.165, 1.54) is 18.4 Å². The smallest absolute Gasteiger partial charge is 0.0512 e. The van der Waals surface area contributed by atoms with E-state index < -0.39 is 0 Å². The average molecular weight is 377 g/mol. The van der Waals surface area contributed by atoms with Crippen molar-refractivity contribution >= 4 is 31.9 Å². The van der Waals surface area contributed by atoms with Crippen LogP contribution in [0.3, 0.4) is 0 Å². The van der Waals surface area contributed by atoms with Crippen molar-refractivity contribution in [2.75, 3.05) is 19.8 Å². The summed E-state index contributed by atoms with van der Waals surface area (Å²) < 4.78 is 7.90. The van der Waals surface area contributed by atoms with Gasteiger partial charge in [-0.15, -0.1) is 0 Å². The van der Waals surface area contributed by atoms with Gasteiger partial charge in [-0.2, -0.15) is 0 Å². The molecule has 4 heteroatoms. The van der Waals surface area contributed by atoms with Gasteiger partial charge in [0.25, 0.3) is 0 Å². The highest BCUT2D eigenvalue weighted by Crippen LogP contribution is 2.34. The van der Waals surface area contributed by atoms with Crippen molar-refractivity contribution < 1.29 is 4.74 Å². The minimum absolute atomic E-state index is 0.373. The van der Waals surface area contributed by atoms with E-state index >= 15 is 0 Å². The quantitative estimate of drug-likeness (QED) is 0.846. The van der Waals surface area contributed by atoms with Crippen LogP contribution in [0.15, 0.2) is 27.1 Å². The highest BCUT2D eigenvalue weighted by atomic mass is 79.9. The van der Waals surface area contributed by atoms with E-state index in [0.29, 0.717) is 12.0 Å². The Kier molecular flexibility index (Phi) is 5.67. The minimum atomic E-state index is 0.373. The number of halogens is 2. The summed E-state index contributed by atoms with van der Waals surface area (Å²) in [4.78, 5) is 0. The van der Waals surface area contributed by atoms with Crippen LogP contribution in [0.2, 0.25) is 0 Å². The first-order valence-electron chi connectivity index (χ1n) is 6.48. The molecule has 1 heterocycles. The van der Waals surface area contributed by atoms with Gasteiger partial charge in [-0.3, -0.25) is 0 Å². The van der Waals surface area contributed by atoms with Crippen molar-refractivity contribution in [1.82, 2.24) is 5.32 Å². The Labute approximate surface area is 126 Å². The summed E-state index contributed by atoms with van der Waals surface area (Å²) in [6, 6.07) is 6.78. The zero-order valence-electron chi connectivity index (χ0n) is 10.6. The van der Waals surface area contributed by atoms with Gasteiger partial charge in [-0.05, 0) is 37.1 Å². The number of ether oxygens (including phenoxy) is 1. The summed E-state index contributed by atoms with van der Waals surface area (Å²) in [5.41, 5.74) is 1.33. The number of benzene rings is 1. The number of hydrogen-bond donors (Lipinski definition) is 1. The second kappa shape index (κ2) is 7.04. The van der Waals surface area contributed by atoms with E-state index in [-0.39, 0.29) is 0 Å². The maximum Gasteiger partial charge on any atom is 0.0512 e. The molecular weight excluding hydrogens is 358 g/mol. The van der Waals surface area contributed by atoms with E-state index in [1.807, 2.05) is 0 Å². The molecule has 2 atom stereocenters. The zero-order valence-corrected chi connectivity index (χ0v) is 13.8. The van der Waals surface area contributed by atoms with Gasteiger partial charge in [0, 0.05) is 27.5 Å². The first-order valence-corrected chi connectivity index (χ1v) is 8.07. The SMILES string of the molecule is CCNC(c1ccc(Br)cc1Br)C1CCCOC1. The Morgan fingerprint density at radius 2 is 2.28 bits per heavy atom. The largest absolute Gasteiger partial charge is 0.381 e. The van der Waals surface area contributed by atoms with Gasteiger partial charge >= 0.3 is 0 Å². The Balaban J connectivity index is 2.22. The molecule has 0 amide bonds. The van der Waals surface area contributed by atoms with Crippen LogP contribution in [0.25, 0.3) is 0 Å². The molecule has 1 N–H and O–H groups in total. The molecule has 2 nitrogen and oxygen atoms in total. The molecule has 0 spiro atoms. The Morgan fingerprint density at radius 1 is 1.44 bits per heavy atom. The van der Waals surface area contributed by atoms with Crippen molar-refractivity contribution in [2.45, 2.75) is 25.8 Å². The number of nitrogens with one attached hydrogen (secondary N) is 1. The van der Waals surface area contributed by atoms with E-state index in [9.17, 15) is 0 Å². The molecule has 1 aromatic carbocycles. The van der Waals surface area contributed by atoms with Crippen LogP contribution >= 0.6 is 31.9 Å². The third-order valence-corrected chi connectivity index (χ3v) is 4.57. The normalized spacial score (nSPS) is 21.8. The summed E-state index contributed by atoms with van der Waals surface area (Å²) >= 11 is 7.18. The van der Waals surface area contributed by atoms with Crippen LogP contribution in [0.5, 0.6) is 0 Å². The van der Waals surface area contributed by atoms with Crippen LogP contribution < -0.4 is 5.32 Å². The third-order valence-electron chi connectivity index (χ3n) is 3.39. The Hall–Kier alpha value is 0.1000. The predicted octanol–water partition coefficient (Wildman–Crippen LogP) is 4.29. The summed E-state index contributed by atoms with van der Waals surface area (Å²) in [6.45, 7) is 4.91. The van der Waals surface area contributed by atoms with Gasteiger partial charge in [0.2, 0.25) is 0 Å². The number of hydrogen-bond acceptors (Lipinski definition) is 2. The molecule has 1 aromatic rings. The third kappa shape index (κ3) is 3.56. The zero-order chi connectivity index (χ0) is 13.0. The van der Waals surface area contributed by atoms with E-state index in [4.69, 9.17) is 4.74 Å². The maximum absolute atomic E-state index is 5.63. The van der Waals surface area contributed by atoms with Crippen LogP contribution in [-0.4, -0.2) is 19.8 Å². The topological polar surface area (TPSA) is 21.3 Å². The van der Waals surface area contributed by atoms with E-state index in [2.05, 4.69) is 62.3 Å². The van der Waals surface area contributed by atoms with Gasteiger partial charge in [0.1, 0.15) is 0 Å². The van der Waals surface area contributed by atoms with Crippen molar-refractivity contribution in [3.05, 3.63) is 32.7 Å². The molecule has 1 saturated heterocycles.